The van der Waals surface area contributed by atoms with Crippen molar-refractivity contribution in [2.75, 3.05) is 27.4 Å². The quantitative estimate of drug-likeness (QED) is 0.0566. The van der Waals surface area contributed by atoms with Gasteiger partial charge in [0.15, 0.2) is 0 Å². The Morgan fingerprint density at radius 2 is 0.767 bits per heavy atom. The van der Waals surface area contributed by atoms with Gasteiger partial charge < -0.3 is 14.2 Å². The van der Waals surface area contributed by atoms with Crippen molar-refractivity contribution in [2.45, 2.75) is 102 Å². The standard InChI is InChI=1S/C58H58F12O3/c1-5-11-37-17-21-39(22-18-37)33-41-13-7-9-15-47(41)55(61,62)51-49(27-25-43(53(51)59)35-45(29-31-71-3)57(65,66)67)73-50-28-26-44(36-46(30-32-72-4)58(68,69)70)54(60)52(50)56(63,64)48-16-10-8-14-42(48)34-40-23-19-38(12-6-2)20-24-40/h7-10,13-28,45-46H,5-6,11-12,29-36H2,1-4H3. The Hall–Kier alpha value is -5.80. The lowest BCUT2D eigenvalue weighted by molar-refractivity contribution is -0.179. The second-order valence-electron chi connectivity index (χ2n) is 18.3. The summed E-state index contributed by atoms with van der Waals surface area (Å²) in [5.41, 5.74) is -3.36. The molecule has 0 aliphatic heterocycles. The van der Waals surface area contributed by atoms with Crippen molar-refractivity contribution in [1.82, 2.24) is 0 Å². The van der Waals surface area contributed by atoms with Crippen LogP contribution >= 0.6 is 0 Å². The summed E-state index contributed by atoms with van der Waals surface area (Å²) in [4.78, 5) is 0. The predicted molar refractivity (Wildman–Crippen MR) is 258 cm³/mol. The Balaban J connectivity index is 1.56. The monoisotopic (exact) mass is 1030 g/mol. The minimum atomic E-state index is -4.94. The zero-order valence-corrected chi connectivity index (χ0v) is 40.9. The molecule has 6 aromatic carbocycles. The third-order valence-corrected chi connectivity index (χ3v) is 13.0. The third kappa shape index (κ3) is 13.9. The third-order valence-electron chi connectivity index (χ3n) is 13.0. The molecule has 0 saturated carbocycles. The van der Waals surface area contributed by atoms with Gasteiger partial charge in [-0.15, -0.1) is 0 Å². The normalized spacial score (nSPS) is 13.3. The summed E-state index contributed by atoms with van der Waals surface area (Å²) in [5, 5.41) is 0. The minimum Gasteiger partial charge on any atom is -0.456 e. The second-order valence-corrected chi connectivity index (χ2v) is 18.3. The maximum atomic E-state index is 17.7. The van der Waals surface area contributed by atoms with Crippen LogP contribution in [0.4, 0.5) is 52.7 Å². The van der Waals surface area contributed by atoms with Crippen LogP contribution in [0.15, 0.2) is 121 Å². The highest BCUT2D eigenvalue weighted by Gasteiger charge is 2.47. The van der Waals surface area contributed by atoms with Crippen LogP contribution in [0.2, 0.25) is 0 Å². The minimum absolute atomic E-state index is 0.0216. The van der Waals surface area contributed by atoms with Crippen LogP contribution in [-0.4, -0.2) is 39.8 Å². The van der Waals surface area contributed by atoms with Crippen molar-refractivity contribution < 1.29 is 66.9 Å². The Bertz CT molecular complexity index is 2540. The van der Waals surface area contributed by atoms with E-state index in [1.165, 1.54) is 36.4 Å². The van der Waals surface area contributed by atoms with Crippen LogP contribution in [0.1, 0.15) is 106 Å². The van der Waals surface area contributed by atoms with E-state index in [1.54, 1.807) is 24.3 Å². The van der Waals surface area contributed by atoms with Gasteiger partial charge in [-0.2, -0.15) is 43.9 Å². The predicted octanol–water partition coefficient (Wildman–Crippen LogP) is 16.6. The fourth-order valence-electron chi connectivity index (χ4n) is 9.10. The van der Waals surface area contributed by atoms with Crippen LogP contribution in [-0.2, 0) is 59.8 Å². The Kier molecular flexibility index (Phi) is 19.0. The zero-order chi connectivity index (χ0) is 53.1. The fraction of sp³-hybridized carbons (Fsp3) is 0.379. The van der Waals surface area contributed by atoms with E-state index in [4.69, 9.17) is 14.2 Å². The average molecular weight is 1030 g/mol. The molecule has 0 radical (unpaired) electrons. The molecule has 2 atom stereocenters. The molecule has 0 saturated heterocycles. The van der Waals surface area contributed by atoms with Crippen molar-refractivity contribution in [1.29, 1.82) is 0 Å². The van der Waals surface area contributed by atoms with E-state index in [0.29, 0.717) is 23.3 Å². The van der Waals surface area contributed by atoms with Gasteiger partial charge in [0, 0.05) is 38.6 Å². The number of halogens is 12. The van der Waals surface area contributed by atoms with Gasteiger partial charge in [0.05, 0.1) is 11.8 Å². The lowest BCUT2D eigenvalue weighted by atomic mass is 9.88. The molecule has 6 rings (SSSR count). The van der Waals surface area contributed by atoms with Crippen molar-refractivity contribution >= 4 is 0 Å². The molecule has 0 amide bonds. The van der Waals surface area contributed by atoms with Gasteiger partial charge in [0.2, 0.25) is 0 Å². The Morgan fingerprint density at radius 3 is 1.10 bits per heavy atom. The topological polar surface area (TPSA) is 27.7 Å². The first-order valence-corrected chi connectivity index (χ1v) is 24.1. The first kappa shape index (κ1) is 56.5. The van der Waals surface area contributed by atoms with Crippen molar-refractivity contribution in [3.05, 3.63) is 200 Å². The van der Waals surface area contributed by atoms with E-state index in [1.807, 2.05) is 38.1 Å². The molecule has 0 spiro atoms. The zero-order valence-electron chi connectivity index (χ0n) is 40.9. The first-order valence-electron chi connectivity index (χ1n) is 24.1. The number of methoxy groups -OCH3 is 2. The molecule has 0 bridgehead atoms. The Labute approximate surface area is 418 Å². The number of ether oxygens (including phenoxy) is 3. The molecule has 3 nitrogen and oxygen atoms in total. The molecular formula is C58H58F12O3. The van der Waals surface area contributed by atoms with E-state index >= 15 is 26.3 Å². The number of alkyl halides is 10. The van der Waals surface area contributed by atoms with Gasteiger partial charge in [-0.3, -0.25) is 0 Å². The highest BCUT2D eigenvalue weighted by atomic mass is 19.4. The van der Waals surface area contributed by atoms with E-state index in [0.717, 1.165) is 75.3 Å². The van der Waals surface area contributed by atoms with Crippen molar-refractivity contribution in [3.63, 3.8) is 0 Å². The summed E-state index contributed by atoms with van der Waals surface area (Å²) in [6.07, 6.45) is -10.5. The molecule has 15 heteroatoms. The summed E-state index contributed by atoms with van der Waals surface area (Å²) in [7, 11) is 2.31. The summed E-state index contributed by atoms with van der Waals surface area (Å²) in [6, 6.07) is 27.3. The summed E-state index contributed by atoms with van der Waals surface area (Å²) < 4.78 is 207. The van der Waals surface area contributed by atoms with Crippen molar-refractivity contribution in [2.24, 2.45) is 11.8 Å². The lowest BCUT2D eigenvalue weighted by Gasteiger charge is -2.28. The highest BCUT2D eigenvalue weighted by Crippen LogP contribution is 2.50. The van der Waals surface area contributed by atoms with E-state index < -0.39 is 131 Å². The van der Waals surface area contributed by atoms with E-state index in [-0.39, 0.29) is 24.0 Å². The maximum Gasteiger partial charge on any atom is 0.392 e. The van der Waals surface area contributed by atoms with Crippen LogP contribution in [0, 0.1) is 23.5 Å². The number of aryl methyl sites for hydroxylation is 2. The number of hydrogen-bond donors (Lipinski definition) is 0. The molecule has 73 heavy (non-hydrogen) atoms. The Morgan fingerprint density at radius 1 is 0.425 bits per heavy atom. The molecule has 0 fully saturated rings. The smallest absolute Gasteiger partial charge is 0.392 e. The molecule has 2 unspecified atom stereocenters. The van der Waals surface area contributed by atoms with E-state index in [9.17, 15) is 26.3 Å². The van der Waals surface area contributed by atoms with Crippen LogP contribution in [0.3, 0.4) is 0 Å². The number of hydrogen-bond acceptors (Lipinski definition) is 3. The second kappa shape index (κ2) is 24.5. The molecular weight excluding hydrogens is 973 g/mol. The maximum absolute atomic E-state index is 17.7. The van der Waals surface area contributed by atoms with Gasteiger partial charge in [-0.05, 0) is 108 Å². The summed E-state index contributed by atoms with van der Waals surface area (Å²) >= 11 is 0. The molecule has 0 N–H and O–H groups in total. The molecule has 6 aromatic rings. The van der Waals surface area contributed by atoms with Crippen LogP contribution in [0.25, 0.3) is 0 Å². The lowest BCUT2D eigenvalue weighted by Crippen LogP contribution is -2.28. The van der Waals surface area contributed by atoms with Crippen molar-refractivity contribution in [3.8, 4) is 11.5 Å². The van der Waals surface area contributed by atoms with Gasteiger partial charge in [-0.25, -0.2) is 8.78 Å². The molecule has 0 heterocycles. The molecule has 0 aliphatic carbocycles. The van der Waals surface area contributed by atoms with E-state index in [2.05, 4.69) is 0 Å². The molecule has 0 aromatic heterocycles. The first-order chi connectivity index (χ1) is 34.6. The molecule has 392 valence electrons. The fourth-order valence-corrected chi connectivity index (χ4v) is 9.10. The van der Waals surface area contributed by atoms with Crippen LogP contribution < -0.4 is 4.74 Å². The van der Waals surface area contributed by atoms with Gasteiger partial charge in [0.1, 0.15) is 34.3 Å². The van der Waals surface area contributed by atoms with Gasteiger partial charge in [-0.1, -0.05) is 136 Å². The largest absolute Gasteiger partial charge is 0.456 e. The van der Waals surface area contributed by atoms with Gasteiger partial charge >= 0.3 is 24.2 Å². The van der Waals surface area contributed by atoms with Gasteiger partial charge in [0.25, 0.3) is 0 Å². The summed E-state index contributed by atoms with van der Waals surface area (Å²) in [6.45, 7) is 3.16. The average Bonchev–Trinajstić information content (AvgIpc) is 3.33. The molecule has 0 aliphatic rings. The number of benzene rings is 6. The SMILES string of the molecule is CCCc1ccc(Cc2ccccc2C(F)(F)c2c(Oc3ccc(CC(CCOC)C(F)(F)F)c(F)c3C(F)(F)c3ccccc3Cc3ccc(CCC)cc3)ccc(CC(CCOC)C(F)(F)F)c2F)cc1. The van der Waals surface area contributed by atoms with Crippen LogP contribution in [0.5, 0.6) is 11.5 Å². The summed E-state index contributed by atoms with van der Waals surface area (Å²) in [5.74, 6) is -19.5. The number of rotatable bonds is 24. The highest BCUT2D eigenvalue weighted by molar-refractivity contribution is 5.55.